The van der Waals surface area contributed by atoms with Gasteiger partial charge in [0.25, 0.3) is 0 Å². The normalized spacial score (nSPS) is 26.7. The van der Waals surface area contributed by atoms with Gasteiger partial charge in [-0.05, 0) is 51.4 Å². The summed E-state index contributed by atoms with van der Waals surface area (Å²) in [5.41, 5.74) is 0. The summed E-state index contributed by atoms with van der Waals surface area (Å²) in [6, 6.07) is 0.891. The Kier molecular flexibility index (Phi) is 7.65. The molecule has 3 aliphatic heterocycles. The largest absolute Gasteiger partial charge is 0.381 e. The maximum absolute atomic E-state index is 12.9. The fourth-order valence-corrected chi connectivity index (χ4v) is 5.33. The molecule has 170 valence electrons. The molecule has 7 nitrogen and oxygen atoms in total. The van der Waals surface area contributed by atoms with Gasteiger partial charge in [0, 0.05) is 83.6 Å². The molecule has 3 heterocycles. The first kappa shape index (κ1) is 22.0. The van der Waals surface area contributed by atoms with Crippen molar-refractivity contribution in [1.29, 1.82) is 0 Å². The predicted octanol–water partition coefficient (Wildman–Crippen LogP) is 1.75. The van der Waals surface area contributed by atoms with Gasteiger partial charge in [-0.2, -0.15) is 0 Å². The van der Waals surface area contributed by atoms with Crippen molar-refractivity contribution in [3.8, 4) is 0 Å². The molecule has 30 heavy (non-hydrogen) atoms. The number of likely N-dealkylation sites (tertiary alicyclic amines) is 1. The van der Waals surface area contributed by atoms with E-state index in [-0.39, 0.29) is 11.8 Å². The second-order valence-corrected chi connectivity index (χ2v) is 9.58. The molecule has 0 aromatic heterocycles. The van der Waals surface area contributed by atoms with Gasteiger partial charge in [-0.25, -0.2) is 0 Å². The molecule has 1 saturated carbocycles. The van der Waals surface area contributed by atoms with Crippen molar-refractivity contribution in [2.45, 2.75) is 63.5 Å². The van der Waals surface area contributed by atoms with Crippen molar-refractivity contribution in [3.05, 3.63) is 0 Å². The van der Waals surface area contributed by atoms with Crippen LogP contribution >= 0.6 is 0 Å². The van der Waals surface area contributed by atoms with Crippen molar-refractivity contribution in [2.24, 2.45) is 11.8 Å². The molecule has 0 bridgehead atoms. The van der Waals surface area contributed by atoms with Gasteiger partial charge in [-0.15, -0.1) is 0 Å². The minimum Gasteiger partial charge on any atom is -0.381 e. The molecule has 1 atom stereocenters. The number of carbonyl (C=O) groups excluding carboxylic acids is 2. The van der Waals surface area contributed by atoms with Gasteiger partial charge in [0.1, 0.15) is 0 Å². The highest BCUT2D eigenvalue weighted by atomic mass is 16.5. The fourth-order valence-electron chi connectivity index (χ4n) is 5.33. The van der Waals surface area contributed by atoms with Crippen LogP contribution in [0.4, 0.5) is 0 Å². The molecule has 1 aliphatic carbocycles. The highest BCUT2D eigenvalue weighted by molar-refractivity contribution is 5.81. The number of likely N-dealkylation sites (N-methyl/N-ethyl adjacent to an activating group) is 1. The Labute approximate surface area is 181 Å². The molecule has 3 saturated heterocycles. The predicted molar refractivity (Wildman–Crippen MR) is 114 cm³/mol. The summed E-state index contributed by atoms with van der Waals surface area (Å²) in [6.07, 6.45) is 8.14. The van der Waals surface area contributed by atoms with Crippen LogP contribution in [0.25, 0.3) is 0 Å². The standard InChI is InChI=1S/C23H39N3O4/c1-24(22(27)19-6-13-29-14-7-19)11-12-26(20-8-15-30-16-9-20)21-3-2-10-25(17-21)23(28)18-4-5-18/h18-21H,2-17H2,1H3. The molecule has 0 N–H and O–H groups in total. The Balaban J connectivity index is 1.36. The average molecular weight is 422 g/mol. The third kappa shape index (κ3) is 5.54. The molecule has 0 spiro atoms. The Morgan fingerprint density at radius 1 is 0.833 bits per heavy atom. The first-order valence-electron chi connectivity index (χ1n) is 12.1. The summed E-state index contributed by atoms with van der Waals surface area (Å²) < 4.78 is 11.0. The van der Waals surface area contributed by atoms with Gasteiger partial charge < -0.3 is 19.3 Å². The number of rotatable bonds is 7. The van der Waals surface area contributed by atoms with Gasteiger partial charge in [-0.3, -0.25) is 14.5 Å². The van der Waals surface area contributed by atoms with E-state index in [0.29, 0.717) is 37.1 Å². The summed E-state index contributed by atoms with van der Waals surface area (Å²) in [6.45, 7) is 6.43. The van der Waals surface area contributed by atoms with Gasteiger partial charge in [0.15, 0.2) is 0 Å². The van der Waals surface area contributed by atoms with E-state index in [1.807, 2.05) is 11.9 Å². The lowest BCUT2D eigenvalue weighted by Crippen LogP contribution is -2.56. The monoisotopic (exact) mass is 421 g/mol. The van der Waals surface area contributed by atoms with E-state index in [9.17, 15) is 9.59 Å². The van der Waals surface area contributed by atoms with Crippen molar-refractivity contribution in [1.82, 2.24) is 14.7 Å². The van der Waals surface area contributed by atoms with Crippen LogP contribution in [-0.2, 0) is 19.1 Å². The van der Waals surface area contributed by atoms with E-state index >= 15 is 0 Å². The lowest BCUT2D eigenvalue weighted by Gasteiger charge is -2.45. The average Bonchev–Trinajstić information content (AvgIpc) is 3.65. The number of piperidine rings is 1. The molecule has 1 unspecified atom stereocenters. The van der Waals surface area contributed by atoms with E-state index in [2.05, 4.69) is 9.80 Å². The first-order chi connectivity index (χ1) is 14.6. The Morgan fingerprint density at radius 3 is 2.17 bits per heavy atom. The number of nitrogens with zero attached hydrogens (tertiary/aromatic N) is 3. The molecule has 4 rings (SSSR count). The second kappa shape index (κ2) is 10.4. The van der Waals surface area contributed by atoms with Crippen LogP contribution < -0.4 is 0 Å². The highest BCUT2D eigenvalue weighted by Crippen LogP contribution is 2.33. The third-order valence-corrected chi connectivity index (χ3v) is 7.40. The quantitative estimate of drug-likeness (QED) is 0.627. The summed E-state index contributed by atoms with van der Waals surface area (Å²) in [7, 11) is 1.95. The topological polar surface area (TPSA) is 62.3 Å². The molecule has 4 fully saturated rings. The number of ether oxygens (including phenoxy) is 2. The van der Waals surface area contributed by atoms with Crippen LogP contribution in [0.3, 0.4) is 0 Å². The SMILES string of the molecule is CN(CCN(C1CCOCC1)C1CCCN(C(=O)C2CC2)C1)C(=O)C1CCOCC1. The van der Waals surface area contributed by atoms with E-state index in [1.54, 1.807) is 0 Å². The van der Waals surface area contributed by atoms with Gasteiger partial charge >= 0.3 is 0 Å². The van der Waals surface area contributed by atoms with Crippen molar-refractivity contribution >= 4 is 11.8 Å². The molecule has 7 heteroatoms. The zero-order valence-corrected chi connectivity index (χ0v) is 18.6. The molecular weight excluding hydrogens is 382 g/mol. The number of hydrogen-bond donors (Lipinski definition) is 0. The molecule has 0 radical (unpaired) electrons. The smallest absolute Gasteiger partial charge is 0.225 e. The molecular formula is C23H39N3O4. The van der Waals surface area contributed by atoms with Crippen molar-refractivity contribution in [2.75, 3.05) is 59.7 Å². The molecule has 2 amide bonds. The lowest BCUT2D eigenvalue weighted by atomic mass is 9.97. The first-order valence-corrected chi connectivity index (χ1v) is 12.1. The minimum absolute atomic E-state index is 0.113. The Hall–Kier alpha value is -1.18. The van der Waals surface area contributed by atoms with Crippen molar-refractivity contribution in [3.63, 3.8) is 0 Å². The van der Waals surface area contributed by atoms with Crippen LogP contribution in [0.5, 0.6) is 0 Å². The summed E-state index contributed by atoms with van der Waals surface area (Å²) in [5.74, 6) is 1.04. The van der Waals surface area contributed by atoms with E-state index in [4.69, 9.17) is 9.47 Å². The zero-order valence-electron chi connectivity index (χ0n) is 18.6. The maximum Gasteiger partial charge on any atom is 0.225 e. The van der Waals surface area contributed by atoms with Crippen LogP contribution in [0.1, 0.15) is 51.4 Å². The van der Waals surface area contributed by atoms with E-state index in [0.717, 1.165) is 90.8 Å². The second-order valence-electron chi connectivity index (χ2n) is 9.58. The zero-order chi connectivity index (χ0) is 20.9. The number of carbonyl (C=O) groups is 2. The third-order valence-electron chi connectivity index (χ3n) is 7.40. The van der Waals surface area contributed by atoms with Gasteiger partial charge in [-0.1, -0.05) is 0 Å². The van der Waals surface area contributed by atoms with Crippen LogP contribution in [-0.4, -0.2) is 98.3 Å². The summed E-state index contributed by atoms with van der Waals surface area (Å²) >= 11 is 0. The Morgan fingerprint density at radius 2 is 1.50 bits per heavy atom. The van der Waals surface area contributed by atoms with E-state index < -0.39 is 0 Å². The van der Waals surface area contributed by atoms with Crippen LogP contribution in [0.15, 0.2) is 0 Å². The van der Waals surface area contributed by atoms with Crippen LogP contribution in [0, 0.1) is 11.8 Å². The number of amides is 2. The lowest BCUT2D eigenvalue weighted by molar-refractivity contribution is -0.137. The molecule has 4 aliphatic rings. The minimum atomic E-state index is 0.113. The molecule has 0 aromatic carbocycles. The summed E-state index contributed by atoms with van der Waals surface area (Å²) in [5, 5.41) is 0. The maximum atomic E-state index is 12.9. The fraction of sp³-hybridized carbons (Fsp3) is 0.913. The van der Waals surface area contributed by atoms with Crippen molar-refractivity contribution < 1.29 is 19.1 Å². The Bertz CT molecular complexity index is 585. The molecule has 0 aromatic rings. The van der Waals surface area contributed by atoms with Crippen LogP contribution in [0.2, 0.25) is 0 Å². The van der Waals surface area contributed by atoms with E-state index in [1.165, 1.54) is 0 Å². The van der Waals surface area contributed by atoms with Gasteiger partial charge in [0.2, 0.25) is 11.8 Å². The number of hydrogen-bond acceptors (Lipinski definition) is 5. The summed E-state index contributed by atoms with van der Waals surface area (Å²) in [4.78, 5) is 32.2. The van der Waals surface area contributed by atoms with Gasteiger partial charge in [0.05, 0.1) is 0 Å². The highest BCUT2D eigenvalue weighted by Gasteiger charge is 2.38.